The molecular formula is C11H16N2O2S. The Kier molecular flexibility index (Phi) is 5.14. The number of rotatable bonds is 6. The van der Waals surface area contributed by atoms with Crippen LogP contribution >= 0.6 is 11.3 Å². The number of aromatic nitrogens is 1. The topological polar surface area (TPSA) is 51.2 Å². The minimum atomic E-state index is -0.346. The number of nitrogens with zero attached hydrogens (tertiary/aromatic N) is 1. The van der Waals surface area contributed by atoms with Gasteiger partial charge in [0.2, 0.25) is 0 Å². The Morgan fingerprint density at radius 3 is 3.06 bits per heavy atom. The van der Waals surface area contributed by atoms with Crippen molar-refractivity contribution in [3.05, 3.63) is 28.7 Å². The molecule has 1 aromatic rings. The SMILES string of the molecule is C=C(CNC(C)c1nccs1)C(=O)OCC. The maximum Gasteiger partial charge on any atom is 0.334 e. The normalized spacial score (nSPS) is 12.1. The molecule has 0 fully saturated rings. The molecule has 1 heterocycles. The van der Waals surface area contributed by atoms with Crippen LogP contribution in [-0.4, -0.2) is 24.1 Å². The molecule has 0 saturated carbocycles. The number of thiazole rings is 1. The Morgan fingerprint density at radius 1 is 1.75 bits per heavy atom. The number of hydrogen-bond acceptors (Lipinski definition) is 5. The molecule has 16 heavy (non-hydrogen) atoms. The van der Waals surface area contributed by atoms with Gasteiger partial charge in [-0.3, -0.25) is 0 Å². The summed E-state index contributed by atoms with van der Waals surface area (Å²) in [6.45, 7) is 8.24. The van der Waals surface area contributed by atoms with Gasteiger partial charge in [-0.25, -0.2) is 9.78 Å². The summed E-state index contributed by atoms with van der Waals surface area (Å²) in [7, 11) is 0. The highest BCUT2D eigenvalue weighted by atomic mass is 32.1. The second-order valence-corrected chi connectivity index (χ2v) is 4.22. The Morgan fingerprint density at radius 2 is 2.50 bits per heavy atom. The van der Waals surface area contributed by atoms with E-state index in [1.54, 1.807) is 24.5 Å². The van der Waals surface area contributed by atoms with E-state index < -0.39 is 0 Å². The first-order valence-electron chi connectivity index (χ1n) is 5.12. The van der Waals surface area contributed by atoms with Crippen LogP contribution in [0.3, 0.4) is 0 Å². The van der Waals surface area contributed by atoms with Crippen LogP contribution in [0.2, 0.25) is 0 Å². The molecule has 0 aliphatic rings. The highest BCUT2D eigenvalue weighted by molar-refractivity contribution is 7.09. The van der Waals surface area contributed by atoms with Gasteiger partial charge in [-0.15, -0.1) is 11.3 Å². The minimum Gasteiger partial charge on any atom is -0.463 e. The third kappa shape index (κ3) is 3.75. The predicted octanol–water partition coefficient (Wildman–Crippen LogP) is 1.91. The number of hydrogen-bond donors (Lipinski definition) is 1. The Labute approximate surface area is 99.3 Å². The minimum absolute atomic E-state index is 0.117. The monoisotopic (exact) mass is 240 g/mol. The third-order valence-electron chi connectivity index (χ3n) is 2.01. The number of nitrogens with one attached hydrogen (secondary N) is 1. The number of carbonyl (C=O) groups excluding carboxylic acids is 1. The molecular weight excluding hydrogens is 224 g/mol. The quantitative estimate of drug-likeness (QED) is 0.609. The molecule has 1 rings (SSSR count). The van der Waals surface area contributed by atoms with E-state index in [2.05, 4.69) is 16.9 Å². The van der Waals surface area contributed by atoms with Gasteiger partial charge in [0.25, 0.3) is 0 Å². The summed E-state index contributed by atoms with van der Waals surface area (Å²) in [5.41, 5.74) is 0.435. The summed E-state index contributed by atoms with van der Waals surface area (Å²) in [5, 5.41) is 6.09. The summed E-state index contributed by atoms with van der Waals surface area (Å²) in [6.07, 6.45) is 1.76. The number of esters is 1. The molecule has 0 spiro atoms. The lowest BCUT2D eigenvalue weighted by Crippen LogP contribution is -2.24. The molecule has 1 atom stereocenters. The molecule has 0 bridgehead atoms. The maximum absolute atomic E-state index is 11.3. The van der Waals surface area contributed by atoms with Crippen molar-refractivity contribution >= 4 is 17.3 Å². The highest BCUT2D eigenvalue weighted by Crippen LogP contribution is 2.14. The zero-order valence-corrected chi connectivity index (χ0v) is 10.3. The molecule has 4 nitrogen and oxygen atoms in total. The van der Waals surface area contributed by atoms with E-state index in [4.69, 9.17) is 4.74 Å². The van der Waals surface area contributed by atoms with Crippen LogP contribution in [0.1, 0.15) is 24.9 Å². The summed E-state index contributed by atoms with van der Waals surface area (Å²) in [4.78, 5) is 15.5. The van der Waals surface area contributed by atoms with Crippen LogP contribution in [0.4, 0.5) is 0 Å². The van der Waals surface area contributed by atoms with Crippen LogP contribution in [0.5, 0.6) is 0 Å². The van der Waals surface area contributed by atoms with Gasteiger partial charge in [0, 0.05) is 23.7 Å². The van der Waals surface area contributed by atoms with E-state index in [0.29, 0.717) is 18.7 Å². The fourth-order valence-electron chi connectivity index (χ4n) is 1.12. The molecule has 1 N–H and O–H groups in total. The van der Waals surface area contributed by atoms with E-state index in [0.717, 1.165) is 5.01 Å². The van der Waals surface area contributed by atoms with Gasteiger partial charge in [-0.05, 0) is 13.8 Å². The fourth-order valence-corrected chi connectivity index (χ4v) is 1.79. The second-order valence-electron chi connectivity index (χ2n) is 3.30. The van der Waals surface area contributed by atoms with Crippen LogP contribution in [0.25, 0.3) is 0 Å². The zero-order valence-electron chi connectivity index (χ0n) is 9.53. The van der Waals surface area contributed by atoms with Gasteiger partial charge in [0.05, 0.1) is 12.6 Å². The molecule has 0 aliphatic carbocycles. The Hall–Kier alpha value is -1.20. The van der Waals surface area contributed by atoms with Crippen molar-refractivity contribution in [2.75, 3.05) is 13.2 Å². The first kappa shape index (κ1) is 12.9. The standard InChI is InChI=1S/C11H16N2O2S/c1-4-15-11(14)8(2)7-13-9(3)10-12-5-6-16-10/h5-6,9,13H,2,4,7H2,1,3H3. The van der Waals surface area contributed by atoms with Crippen LogP contribution in [0.15, 0.2) is 23.7 Å². The van der Waals surface area contributed by atoms with E-state index in [1.165, 1.54) is 0 Å². The smallest absolute Gasteiger partial charge is 0.334 e. The summed E-state index contributed by atoms with van der Waals surface area (Å²) in [6, 6.07) is 0.117. The van der Waals surface area contributed by atoms with Crippen molar-refractivity contribution in [3.8, 4) is 0 Å². The molecule has 0 aliphatic heterocycles. The number of ether oxygens (including phenoxy) is 1. The van der Waals surface area contributed by atoms with Crippen LogP contribution in [0, 0.1) is 0 Å². The largest absolute Gasteiger partial charge is 0.463 e. The molecule has 0 saturated heterocycles. The maximum atomic E-state index is 11.3. The first-order valence-corrected chi connectivity index (χ1v) is 6.00. The van der Waals surface area contributed by atoms with Crippen LogP contribution in [-0.2, 0) is 9.53 Å². The first-order chi connectivity index (χ1) is 7.65. The molecule has 1 unspecified atom stereocenters. The van der Waals surface area contributed by atoms with Gasteiger partial charge in [-0.1, -0.05) is 6.58 Å². The van der Waals surface area contributed by atoms with Gasteiger partial charge in [0.15, 0.2) is 0 Å². The van der Waals surface area contributed by atoms with E-state index in [1.807, 2.05) is 12.3 Å². The molecule has 0 amide bonds. The van der Waals surface area contributed by atoms with Crippen molar-refractivity contribution < 1.29 is 9.53 Å². The van der Waals surface area contributed by atoms with Crippen molar-refractivity contribution in [2.24, 2.45) is 0 Å². The highest BCUT2D eigenvalue weighted by Gasteiger charge is 2.11. The lowest BCUT2D eigenvalue weighted by atomic mass is 10.2. The van der Waals surface area contributed by atoms with Gasteiger partial charge < -0.3 is 10.1 Å². The molecule has 88 valence electrons. The van der Waals surface area contributed by atoms with E-state index in [-0.39, 0.29) is 12.0 Å². The molecule has 0 radical (unpaired) electrons. The summed E-state index contributed by atoms with van der Waals surface area (Å²) in [5.74, 6) is -0.346. The van der Waals surface area contributed by atoms with Crippen molar-refractivity contribution in [1.29, 1.82) is 0 Å². The van der Waals surface area contributed by atoms with Crippen LogP contribution < -0.4 is 5.32 Å². The average Bonchev–Trinajstić information content (AvgIpc) is 2.79. The van der Waals surface area contributed by atoms with Gasteiger partial charge in [-0.2, -0.15) is 0 Å². The summed E-state index contributed by atoms with van der Waals surface area (Å²) < 4.78 is 4.84. The summed E-state index contributed by atoms with van der Waals surface area (Å²) >= 11 is 1.58. The van der Waals surface area contributed by atoms with Gasteiger partial charge in [0.1, 0.15) is 5.01 Å². The van der Waals surface area contributed by atoms with E-state index >= 15 is 0 Å². The lowest BCUT2D eigenvalue weighted by molar-refractivity contribution is -0.138. The molecule has 0 aromatic carbocycles. The van der Waals surface area contributed by atoms with Crippen molar-refractivity contribution in [3.63, 3.8) is 0 Å². The van der Waals surface area contributed by atoms with Crippen molar-refractivity contribution in [2.45, 2.75) is 19.9 Å². The van der Waals surface area contributed by atoms with Gasteiger partial charge >= 0.3 is 5.97 Å². The fraction of sp³-hybridized carbons (Fsp3) is 0.455. The molecule has 5 heteroatoms. The average molecular weight is 240 g/mol. The number of carbonyl (C=O) groups is 1. The van der Waals surface area contributed by atoms with E-state index in [9.17, 15) is 4.79 Å². The lowest BCUT2D eigenvalue weighted by Gasteiger charge is -2.11. The Balaban J connectivity index is 2.34. The third-order valence-corrected chi connectivity index (χ3v) is 2.97. The Bertz CT molecular complexity index is 349. The predicted molar refractivity (Wildman–Crippen MR) is 64.3 cm³/mol. The second kappa shape index (κ2) is 6.40. The zero-order chi connectivity index (χ0) is 12.0. The van der Waals surface area contributed by atoms with Crippen molar-refractivity contribution in [1.82, 2.24) is 10.3 Å². The molecule has 1 aromatic heterocycles.